The maximum Gasteiger partial charge on any atom is 0.305 e. The number of benzene rings is 1. The highest BCUT2D eigenvalue weighted by Crippen LogP contribution is 2.17. The van der Waals surface area contributed by atoms with E-state index in [-0.39, 0.29) is 12.1 Å². The summed E-state index contributed by atoms with van der Waals surface area (Å²) < 4.78 is 15.2. The van der Waals surface area contributed by atoms with Gasteiger partial charge in [0.25, 0.3) is 0 Å². The summed E-state index contributed by atoms with van der Waals surface area (Å²) in [4.78, 5) is 11.0. The molecule has 2 rings (SSSR count). The zero-order chi connectivity index (χ0) is 12.1. The fourth-order valence-electron chi connectivity index (χ4n) is 1.49. The molecule has 0 amide bonds. The van der Waals surface area contributed by atoms with E-state index in [1.54, 1.807) is 0 Å². The van der Waals surface area contributed by atoms with Crippen molar-refractivity contribution in [2.75, 3.05) is 20.3 Å². The molecule has 1 unspecified atom stereocenters. The molecule has 0 aliphatic carbocycles. The van der Waals surface area contributed by atoms with E-state index >= 15 is 0 Å². The Balaban J connectivity index is 1.84. The van der Waals surface area contributed by atoms with Gasteiger partial charge in [-0.3, -0.25) is 4.79 Å². The molecule has 1 atom stereocenters. The quantitative estimate of drug-likeness (QED) is 0.555. The first kappa shape index (κ1) is 11.9. The summed E-state index contributed by atoms with van der Waals surface area (Å²) in [6, 6.07) is 7.76. The number of ether oxygens (including phenoxy) is 3. The predicted octanol–water partition coefficient (Wildman–Crippen LogP) is 1.57. The van der Waals surface area contributed by atoms with Crippen molar-refractivity contribution < 1.29 is 19.0 Å². The molecule has 4 heteroatoms. The van der Waals surface area contributed by atoms with Gasteiger partial charge < -0.3 is 14.2 Å². The number of aryl methyl sites for hydroxylation is 1. The van der Waals surface area contributed by atoms with Crippen molar-refractivity contribution in [1.29, 1.82) is 0 Å². The summed E-state index contributed by atoms with van der Waals surface area (Å²) in [5, 5.41) is 0. The van der Waals surface area contributed by atoms with Gasteiger partial charge in [-0.05, 0) is 24.1 Å². The number of carbonyl (C=O) groups is 1. The molecule has 0 saturated carbocycles. The highest BCUT2D eigenvalue weighted by Gasteiger charge is 2.22. The van der Waals surface area contributed by atoms with E-state index in [2.05, 4.69) is 4.74 Å². The highest BCUT2D eigenvalue weighted by molar-refractivity contribution is 5.69. The Morgan fingerprint density at radius 1 is 1.53 bits per heavy atom. The summed E-state index contributed by atoms with van der Waals surface area (Å²) in [5.41, 5.74) is 1.07. The lowest BCUT2D eigenvalue weighted by Crippen LogP contribution is -2.05. The van der Waals surface area contributed by atoms with Crippen LogP contribution in [0, 0.1) is 0 Å². The van der Waals surface area contributed by atoms with Gasteiger partial charge in [0.05, 0.1) is 13.7 Å². The van der Waals surface area contributed by atoms with E-state index in [0.29, 0.717) is 19.4 Å². The van der Waals surface area contributed by atoms with E-state index in [1.165, 1.54) is 7.11 Å². The Labute approximate surface area is 100 Å². The molecule has 1 fully saturated rings. The van der Waals surface area contributed by atoms with E-state index in [4.69, 9.17) is 9.47 Å². The largest absolute Gasteiger partial charge is 0.491 e. The molecule has 1 aliphatic heterocycles. The predicted molar refractivity (Wildman–Crippen MR) is 62.0 cm³/mol. The number of esters is 1. The van der Waals surface area contributed by atoms with E-state index < -0.39 is 0 Å². The average molecular weight is 236 g/mol. The van der Waals surface area contributed by atoms with E-state index in [9.17, 15) is 4.79 Å². The molecule has 0 spiro atoms. The molecular weight excluding hydrogens is 220 g/mol. The van der Waals surface area contributed by atoms with Crippen molar-refractivity contribution in [3.05, 3.63) is 29.8 Å². The molecule has 0 bridgehead atoms. The first-order valence-corrected chi connectivity index (χ1v) is 5.68. The van der Waals surface area contributed by atoms with Crippen LogP contribution in [0.4, 0.5) is 0 Å². The normalized spacial score (nSPS) is 17.6. The second-order valence-electron chi connectivity index (χ2n) is 3.99. The molecule has 1 aromatic carbocycles. The molecule has 1 saturated heterocycles. The van der Waals surface area contributed by atoms with Crippen molar-refractivity contribution in [3.63, 3.8) is 0 Å². The maximum absolute atomic E-state index is 11.0. The van der Waals surface area contributed by atoms with Crippen LogP contribution in [0.15, 0.2) is 24.3 Å². The number of hydrogen-bond donors (Lipinski definition) is 0. The molecule has 1 aliphatic rings. The van der Waals surface area contributed by atoms with Crippen molar-refractivity contribution in [1.82, 2.24) is 0 Å². The van der Waals surface area contributed by atoms with Crippen LogP contribution in [0.25, 0.3) is 0 Å². The fraction of sp³-hybridized carbons (Fsp3) is 0.462. The van der Waals surface area contributed by atoms with E-state index in [0.717, 1.165) is 17.9 Å². The second kappa shape index (κ2) is 5.68. The van der Waals surface area contributed by atoms with Crippen LogP contribution >= 0.6 is 0 Å². The topological polar surface area (TPSA) is 48.1 Å². The van der Waals surface area contributed by atoms with Gasteiger partial charge in [0.15, 0.2) is 0 Å². The molecule has 1 heterocycles. The first-order chi connectivity index (χ1) is 8.28. The SMILES string of the molecule is COC(=O)CCc1cccc(OCC2CO2)c1. The van der Waals surface area contributed by atoms with Crippen LogP contribution in [0.3, 0.4) is 0 Å². The standard InChI is InChI=1S/C13H16O4/c1-15-13(14)6-5-10-3-2-4-11(7-10)16-8-12-9-17-12/h2-4,7,12H,5-6,8-9H2,1H3. The smallest absolute Gasteiger partial charge is 0.305 e. The van der Waals surface area contributed by atoms with Gasteiger partial charge in [-0.2, -0.15) is 0 Å². The highest BCUT2D eigenvalue weighted by atomic mass is 16.6. The summed E-state index contributed by atoms with van der Waals surface area (Å²) >= 11 is 0. The lowest BCUT2D eigenvalue weighted by Gasteiger charge is -2.06. The number of carbonyl (C=O) groups excluding carboxylic acids is 1. The number of epoxide rings is 1. The van der Waals surface area contributed by atoms with Gasteiger partial charge >= 0.3 is 5.97 Å². The zero-order valence-corrected chi connectivity index (χ0v) is 9.85. The third-order valence-electron chi connectivity index (χ3n) is 2.58. The second-order valence-corrected chi connectivity index (χ2v) is 3.99. The minimum atomic E-state index is -0.192. The van der Waals surface area contributed by atoms with Crippen molar-refractivity contribution >= 4 is 5.97 Å². The lowest BCUT2D eigenvalue weighted by atomic mass is 10.1. The molecular formula is C13H16O4. The van der Waals surface area contributed by atoms with Crippen molar-refractivity contribution in [2.45, 2.75) is 18.9 Å². The molecule has 92 valence electrons. The third kappa shape index (κ3) is 4.07. The van der Waals surface area contributed by atoms with Gasteiger partial charge in [-0.15, -0.1) is 0 Å². The maximum atomic E-state index is 11.0. The zero-order valence-electron chi connectivity index (χ0n) is 9.85. The van der Waals surface area contributed by atoms with Crippen molar-refractivity contribution in [3.8, 4) is 5.75 Å². The molecule has 1 aromatic rings. The Kier molecular flexibility index (Phi) is 3.98. The van der Waals surface area contributed by atoms with Gasteiger partial charge in [-0.1, -0.05) is 12.1 Å². The molecule has 4 nitrogen and oxygen atoms in total. The Bertz CT molecular complexity index is 385. The van der Waals surface area contributed by atoms with Crippen molar-refractivity contribution in [2.24, 2.45) is 0 Å². The molecule has 0 radical (unpaired) electrons. The Morgan fingerprint density at radius 3 is 3.06 bits per heavy atom. The summed E-state index contributed by atoms with van der Waals surface area (Å²) in [7, 11) is 1.40. The van der Waals surface area contributed by atoms with Crippen LogP contribution in [-0.4, -0.2) is 32.4 Å². The monoisotopic (exact) mass is 236 g/mol. The molecule has 0 aromatic heterocycles. The number of rotatable bonds is 6. The molecule has 0 N–H and O–H groups in total. The minimum Gasteiger partial charge on any atom is -0.491 e. The van der Waals surface area contributed by atoms with Crippen LogP contribution < -0.4 is 4.74 Å². The van der Waals surface area contributed by atoms with Crippen LogP contribution in [0.5, 0.6) is 5.75 Å². The Hall–Kier alpha value is -1.55. The van der Waals surface area contributed by atoms with Gasteiger partial charge in [-0.25, -0.2) is 0 Å². The van der Waals surface area contributed by atoms with Crippen LogP contribution in [0.1, 0.15) is 12.0 Å². The first-order valence-electron chi connectivity index (χ1n) is 5.68. The van der Waals surface area contributed by atoms with Crippen LogP contribution in [-0.2, 0) is 20.7 Å². The summed E-state index contributed by atoms with van der Waals surface area (Å²) in [6.07, 6.45) is 1.32. The van der Waals surface area contributed by atoms with Gasteiger partial charge in [0.2, 0.25) is 0 Å². The van der Waals surface area contributed by atoms with Gasteiger partial charge in [0.1, 0.15) is 18.5 Å². The summed E-state index contributed by atoms with van der Waals surface area (Å²) in [6.45, 7) is 1.39. The average Bonchev–Trinajstić information content (AvgIpc) is 3.18. The lowest BCUT2D eigenvalue weighted by molar-refractivity contribution is -0.140. The fourth-order valence-corrected chi connectivity index (χ4v) is 1.49. The molecule has 17 heavy (non-hydrogen) atoms. The summed E-state index contributed by atoms with van der Waals surface area (Å²) in [5.74, 6) is 0.630. The Morgan fingerprint density at radius 2 is 2.35 bits per heavy atom. The minimum absolute atomic E-state index is 0.192. The van der Waals surface area contributed by atoms with Gasteiger partial charge in [0, 0.05) is 6.42 Å². The number of methoxy groups -OCH3 is 1. The number of hydrogen-bond acceptors (Lipinski definition) is 4. The van der Waals surface area contributed by atoms with Crippen LogP contribution in [0.2, 0.25) is 0 Å². The third-order valence-corrected chi connectivity index (χ3v) is 2.58. The van der Waals surface area contributed by atoms with E-state index in [1.807, 2.05) is 24.3 Å².